The molecule has 3 N–H and O–H groups in total. The van der Waals surface area contributed by atoms with Crippen molar-refractivity contribution in [3.05, 3.63) is 23.2 Å². The molecule has 0 saturated carbocycles. The zero-order valence-electron chi connectivity index (χ0n) is 9.57. The van der Waals surface area contributed by atoms with Gasteiger partial charge in [0, 0.05) is 10.6 Å². The summed E-state index contributed by atoms with van der Waals surface area (Å²) in [6.45, 7) is 1.41. The van der Waals surface area contributed by atoms with Gasteiger partial charge in [-0.25, -0.2) is 4.79 Å². The Hall–Kier alpha value is -0.910. The van der Waals surface area contributed by atoms with E-state index in [2.05, 4.69) is 4.74 Å². The smallest absolute Gasteiger partial charge is 0.338 e. The lowest BCUT2D eigenvalue weighted by Gasteiger charge is -2.19. The number of hydrogen-bond acceptors (Lipinski definition) is 5. The molecule has 0 radical (unpaired) electrons. The SMILES string of the molecule is COC(=O)C(C)(O)CSc1ccc(N)c(Cl)c1. The monoisotopic (exact) mass is 275 g/mol. The molecular weight excluding hydrogens is 262 g/mol. The molecule has 1 aromatic carbocycles. The summed E-state index contributed by atoms with van der Waals surface area (Å²) in [6, 6.07) is 5.14. The Morgan fingerprint density at radius 3 is 2.82 bits per heavy atom. The number of benzene rings is 1. The number of esters is 1. The fourth-order valence-corrected chi connectivity index (χ4v) is 2.28. The van der Waals surface area contributed by atoms with Gasteiger partial charge in [0.15, 0.2) is 5.60 Å². The molecule has 94 valence electrons. The quantitative estimate of drug-likeness (QED) is 0.499. The van der Waals surface area contributed by atoms with Gasteiger partial charge in [-0.15, -0.1) is 11.8 Å². The standard InChI is InChI=1S/C11H14ClNO3S/c1-11(15,10(14)16-2)6-17-7-3-4-9(13)8(12)5-7/h3-5,15H,6,13H2,1-2H3. The topological polar surface area (TPSA) is 72.5 Å². The molecule has 1 aromatic rings. The van der Waals surface area contributed by atoms with Gasteiger partial charge < -0.3 is 15.6 Å². The molecule has 0 amide bonds. The number of methoxy groups -OCH3 is 1. The fraction of sp³-hybridized carbons (Fsp3) is 0.364. The number of aliphatic hydroxyl groups is 1. The molecule has 6 heteroatoms. The lowest BCUT2D eigenvalue weighted by molar-refractivity contribution is -0.158. The number of carbonyl (C=O) groups excluding carboxylic acids is 1. The van der Waals surface area contributed by atoms with E-state index >= 15 is 0 Å². The van der Waals surface area contributed by atoms with E-state index in [9.17, 15) is 9.90 Å². The highest BCUT2D eigenvalue weighted by Crippen LogP contribution is 2.28. The number of nitrogens with two attached hydrogens (primary N) is 1. The third-order valence-electron chi connectivity index (χ3n) is 2.12. The Balaban J connectivity index is 2.67. The van der Waals surface area contributed by atoms with Crippen LogP contribution in [0.5, 0.6) is 0 Å². The minimum absolute atomic E-state index is 0.180. The van der Waals surface area contributed by atoms with Crippen LogP contribution in [0.2, 0.25) is 5.02 Å². The molecule has 0 aliphatic carbocycles. The van der Waals surface area contributed by atoms with E-state index in [1.54, 1.807) is 18.2 Å². The molecule has 0 aliphatic rings. The van der Waals surface area contributed by atoms with E-state index in [1.165, 1.54) is 25.8 Å². The van der Waals surface area contributed by atoms with Gasteiger partial charge in [0.2, 0.25) is 0 Å². The average molecular weight is 276 g/mol. The molecule has 0 spiro atoms. The van der Waals surface area contributed by atoms with Crippen molar-refractivity contribution >= 4 is 35.0 Å². The molecule has 0 fully saturated rings. The summed E-state index contributed by atoms with van der Waals surface area (Å²) >= 11 is 7.16. The summed E-state index contributed by atoms with van der Waals surface area (Å²) in [5, 5.41) is 10.3. The lowest BCUT2D eigenvalue weighted by Crippen LogP contribution is -2.38. The van der Waals surface area contributed by atoms with Crippen molar-refractivity contribution in [1.29, 1.82) is 0 Å². The third-order valence-corrected chi connectivity index (χ3v) is 3.74. The molecule has 1 atom stereocenters. The number of nitrogen functional groups attached to an aromatic ring is 1. The van der Waals surface area contributed by atoms with E-state index in [0.29, 0.717) is 10.7 Å². The van der Waals surface area contributed by atoms with Crippen LogP contribution in [0.15, 0.2) is 23.1 Å². The molecule has 0 saturated heterocycles. The lowest BCUT2D eigenvalue weighted by atomic mass is 10.1. The van der Waals surface area contributed by atoms with Crippen LogP contribution in [-0.4, -0.2) is 29.5 Å². The third kappa shape index (κ3) is 3.80. The zero-order valence-corrected chi connectivity index (χ0v) is 11.1. The predicted molar refractivity (Wildman–Crippen MR) is 69.2 cm³/mol. The molecule has 1 unspecified atom stereocenters. The van der Waals surface area contributed by atoms with Gasteiger partial charge in [-0.3, -0.25) is 0 Å². The van der Waals surface area contributed by atoms with Crippen molar-refractivity contribution in [1.82, 2.24) is 0 Å². The number of thioether (sulfide) groups is 1. The van der Waals surface area contributed by atoms with Gasteiger partial charge in [-0.1, -0.05) is 11.6 Å². The van der Waals surface area contributed by atoms with Gasteiger partial charge in [0.25, 0.3) is 0 Å². The van der Waals surface area contributed by atoms with Gasteiger partial charge in [-0.05, 0) is 25.1 Å². The second-order valence-corrected chi connectivity index (χ2v) is 5.19. The van der Waals surface area contributed by atoms with Gasteiger partial charge >= 0.3 is 5.97 Å². The average Bonchev–Trinajstić information content (AvgIpc) is 2.29. The highest BCUT2D eigenvalue weighted by Gasteiger charge is 2.31. The van der Waals surface area contributed by atoms with Crippen molar-refractivity contribution in [3.8, 4) is 0 Å². The second-order valence-electron chi connectivity index (χ2n) is 3.74. The van der Waals surface area contributed by atoms with Gasteiger partial charge in [-0.2, -0.15) is 0 Å². The number of halogens is 1. The van der Waals surface area contributed by atoms with Crippen molar-refractivity contribution in [2.45, 2.75) is 17.4 Å². The Morgan fingerprint density at radius 2 is 2.29 bits per heavy atom. The zero-order chi connectivity index (χ0) is 13.1. The number of carbonyl (C=O) groups is 1. The Morgan fingerprint density at radius 1 is 1.65 bits per heavy atom. The van der Waals surface area contributed by atoms with Crippen molar-refractivity contribution in [3.63, 3.8) is 0 Å². The molecule has 0 aromatic heterocycles. The number of hydrogen-bond donors (Lipinski definition) is 2. The number of anilines is 1. The molecule has 0 heterocycles. The molecular formula is C11H14ClNO3S. The van der Waals surface area contributed by atoms with Crippen LogP contribution in [0, 0.1) is 0 Å². The van der Waals surface area contributed by atoms with Crippen LogP contribution in [0.1, 0.15) is 6.92 Å². The van der Waals surface area contributed by atoms with Crippen LogP contribution >= 0.6 is 23.4 Å². The predicted octanol–water partition coefficient (Wildman–Crippen LogP) is 1.94. The first-order valence-corrected chi connectivity index (χ1v) is 6.22. The molecule has 17 heavy (non-hydrogen) atoms. The Labute approximate surface area is 109 Å². The van der Waals surface area contributed by atoms with Crippen LogP contribution in [0.3, 0.4) is 0 Å². The van der Waals surface area contributed by atoms with Crippen molar-refractivity contribution in [2.24, 2.45) is 0 Å². The van der Waals surface area contributed by atoms with Gasteiger partial charge in [0.05, 0.1) is 17.8 Å². The molecule has 4 nitrogen and oxygen atoms in total. The maximum absolute atomic E-state index is 11.2. The summed E-state index contributed by atoms with van der Waals surface area (Å²) in [7, 11) is 1.24. The van der Waals surface area contributed by atoms with E-state index < -0.39 is 11.6 Å². The minimum atomic E-state index is -1.52. The maximum atomic E-state index is 11.2. The first-order valence-electron chi connectivity index (χ1n) is 4.85. The van der Waals surface area contributed by atoms with Crippen LogP contribution in [-0.2, 0) is 9.53 Å². The summed E-state index contributed by atoms with van der Waals surface area (Å²) in [6.07, 6.45) is 0. The maximum Gasteiger partial charge on any atom is 0.338 e. The summed E-state index contributed by atoms with van der Waals surface area (Å²) in [5.41, 5.74) is 4.55. The van der Waals surface area contributed by atoms with E-state index in [4.69, 9.17) is 17.3 Å². The van der Waals surface area contributed by atoms with E-state index in [1.807, 2.05) is 0 Å². The Kier molecular flexibility index (Phi) is 4.68. The second kappa shape index (κ2) is 5.62. The highest BCUT2D eigenvalue weighted by atomic mass is 35.5. The minimum Gasteiger partial charge on any atom is -0.467 e. The van der Waals surface area contributed by atoms with Crippen molar-refractivity contribution in [2.75, 3.05) is 18.6 Å². The van der Waals surface area contributed by atoms with Crippen LogP contribution in [0.4, 0.5) is 5.69 Å². The fourth-order valence-electron chi connectivity index (χ4n) is 1.10. The summed E-state index contributed by atoms with van der Waals surface area (Å²) in [4.78, 5) is 12.1. The molecule has 1 rings (SSSR count). The summed E-state index contributed by atoms with van der Waals surface area (Å²) in [5.74, 6) is -0.480. The van der Waals surface area contributed by atoms with Crippen LogP contribution < -0.4 is 5.73 Å². The highest BCUT2D eigenvalue weighted by molar-refractivity contribution is 7.99. The van der Waals surface area contributed by atoms with Crippen LogP contribution in [0.25, 0.3) is 0 Å². The first kappa shape index (κ1) is 14.2. The normalized spacial score (nSPS) is 14.1. The number of ether oxygens (including phenoxy) is 1. The Bertz CT molecular complexity index is 423. The first-order chi connectivity index (χ1) is 7.86. The molecule has 0 bridgehead atoms. The van der Waals surface area contributed by atoms with E-state index in [-0.39, 0.29) is 5.75 Å². The number of rotatable bonds is 4. The largest absolute Gasteiger partial charge is 0.467 e. The van der Waals surface area contributed by atoms with E-state index in [0.717, 1.165) is 4.90 Å². The van der Waals surface area contributed by atoms with Gasteiger partial charge in [0.1, 0.15) is 0 Å². The summed E-state index contributed by atoms with van der Waals surface area (Å²) < 4.78 is 4.50. The van der Waals surface area contributed by atoms with Crippen molar-refractivity contribution < 1.29 is 14.6 Å². The molecule has 0 aliphatic heterocycles.